The molecule has 2 aromatic rings. The number of amides is 1. The molecule has 2 aromatic heterocycles. The van der Waals surface area contributed by atoms with E-state index in [4.69, 9.17) is 4.74 Å². The number of nitrogens with zero attached hydrogens (tertiary/aromatic N) is 2. The first-order valence-corrected chi connectivity index (χ1v) is 9.34. The molecular formula is C18H21N3O3S. The van der Waals surface area contributed by atoms with E-state index < -0.39 is 12.1 Å². The summed E-state index contributed by atoms with van der Waals surface area (Å²) in [5.41, 5.74) is 1.55. The number of thiazole rings is 1. The van der Waals surface area contributed by atoms with Gasteiger partial charge in [-0.1, -0.05) is 12.8 Å². The lowest BCUT2D eigenvalue weighted by atomic mass is 10.2. The first kappa shape index (κ1) is 17.5. The van der Waals surface area contributed by atoms with Crippen molar-refractivity contribution in [3.05, 3.63) is 35.6 Å². The molecule has 0 radical (unpaired) electrons. The maximum atomic E-state index is 12.1. The van der Waals surface area contributed by atoms with E-state index in [1.54, 1.807) is 19.3 Å². The van der Waals surface area contributed by atoms with Gasteiger partial charge in [-0.15, -0.1) is 11.3 Å². The topological polar surface area (TPSA) is 81.2 Å². The number of carbonyl (C=O) groups is 2. The SMILES string of the molecule is C[C@@H](OC(=O)Cc1csc(-c2cccnc2)n1)C(=O)NC1CCCC1. The second-order valence-electron chi connectivity index (χ2n) is 6.18. The fourth-order valence-electron chi connectivity index (χ4n) is 2.84. The Balaban J connectivity index is 1.50. The van der Waals surface area contributed by atoms with E-state index in [-0.39, 0.29) is 18.4 Å². The molecule has 0 saturated heterocycles. The van der Waals surface area contributed by atoms with E-state index in [0.717, 1.165) is 36.3 Å². The molecule has 6 nitrogen and oxygen atoms in total. The molecule has 1 N–H and O–H groups in total. The number of hydrogen-bond acceptors (Lipinski definition) is 6. The van der Waals surface area contributed by atoms with Crippen LogP contribution in [0.5, 0.6) is 0 Å². The van der Waals surface area contributed by atoms with Crippen LogP contribution in [0.4, 0.5) is 0 Å². The molecule has 25 heavy (non-hydrogen) atoms. The Morgan fingerprint density at radius 3 is 2.92 bits per heavy atom. The van der Waals surface area contributed by atoms with Crippen LogP contribution in [0.2, 0.25) is 0 Å². The zero-order valence-corrected chi connectivity index (χ0v) is 14.9. The van der Waals surface area contributed by atoms with Crippen LogP contribution in [-0.2, 0) is 20.7 Å². The predicted octanol–water partition coefficient (Wildman–Crippen LogP) is 2.74. The minimum absolute atomic E-state index is 0.0534. The number of rotatable bonds is 6. The summed E-state index contributed by atoms with van der Waals surface area (Å²) in [6.07, 6.45) is 6.99. The van der Waals surface area contributed by atoms with E-state index in [1.165, 1.54) is 11.3 Å². The normalized spacial score (nSPS) is 15.7. The minimum Gasteiger partial charge on any atom is -0.452 e. The van der Waals surface area contributed by atoms with Crippen molar-refractivity contribution in [2.45, 2.75) is 51.2 Å². The highest BCUT2D eigenvalue weighted by atomic mass is 32.1. The Labute approximate surface area is 150 Å². The molecule has 2 heterocycles. The molecule has 0 aromatic carbocycles. The predicted molar refractivity (Wildman–Crippen MR) is 95.0 cm³/mol. The Kier molecular flexibility index (Phi) is 5.75. The number of carbonyl (C=O) groups excluding carboxylic acids is 2. The van der Waals surface area contributed by atoms with Gasteiger partial charge in [0.15, 0.2) is 6.10 Å². The van der Waals surface area contributed by atoms with E-state index in [1.807, 2.05) is 17.5 Å². The molecule has 1 fully saturated rings. The number of esters is 1. The van der Waals surface area contributed by atoms with Gasteiger partial charge in [0, 0.05) is 29.4 Å². The lowest BCUT2D eigenvalue weighted by Gasteiger charge is -2.16. The summed E-state index contributed by atoms with van der Waals surface area (Å²) >= 11 is 1.45. The van der Waals surface area contributed by atoms with Crippen LogP contribution in [0.25, 0.3) is 10.6 Å². The third-order valence-corrected chi connectivity index (χ3v) is 5.10. The van der Waals surface area contributed by atoms with Gasteiger partial charge in [0.25, 0.3) is 5.91 Å². The average Bonchev–Trinajstić information content (AvgIpc) is 3.27. The van der Waals surface area contributed by atoms with Crippen molar-refractivity contribution in [3.63, 3.8) is 0 Å². The zero-order valence-electron chi connectivity index (χ0n) is 14.1. The monoisotopic (exact) mass is 359 g/mol. The van der Waals surface area contributed by atoms with Crippen molar-refractivity contribution in [2.24, 2.45) is 0 Å². The zero-order chi connectivity index (χ0) is 17.6. The summed E-state index contributed by atoms with van der Waals surface area (Å²) in [7, 11) is 0. The molecule has 3 rings (SSSR count). The quantitative estimate of drug-likeness (QED) is 0.802. The molecule has 0 bridgehead atoms. The van der Waals surface area contributed by atoms with E-state index >= 15 is 0 Å². The molecule has 1 amide bonds. The average molecular weight is 359 g/mol. The number of nitrogens with one attached hydrogen (secondary N) is 1. The van der Waals surface area contributed by atoms with Gasteiger partial charge in [-0.25, -0.2) is 4.98 Å². The van der Waals surface area contributed by atoms with Gasteiger partial charge in [0.05, 0.1) is 12.1 Å². The Hall–Kier alpha value is -2.28. The second kappa shape index (κ2) is 8.20. The molecule has 0 aliphatic heterocycles. The third kappa shape index (κ3) is 4.85. The fraction of sp³-hybridized carbons (Fsp3) is 0.444. The van der Waals surface area contributed by atoms with Gasteiger partial charge >= 0.3 is 5.97 Å². The molecule has 132 valence electrons. The Bertz CT molecular complexity index is 726. The summed E-state index contributed by atoms with van der Waals surface area (Å²) in [6, 6.07) is 3.98. The van der Waals surface area contributed by atoms with Gasteiger partial charge in [-0.05, 0) is 31.9 Å². The van der Waals surface area contributed by atoms with E-state index in [2.05, 4.69) is 15.3 Å². The highest BCUT2D eigenvalue weighted by molar-refractivity contribution is 7.13. The Morgan fingerprint density at radius 2 is 2.20 bits per heavy atom. The maximum Gasteiger partial charge on any atom is 0.312 e. The van der Waals surface area contributed by atoms with Crippen LogP contribution in [0.3, 0.4) is 0 Å². The van der Waals surface area contributed by atoms with Gasteiger partial charge in [-0.2, -0.15) is 0 Å². The number of hydrogen-bond donors (Lipinski definition) is 1. The Morgan fingerprint density at radius 1 is 1.40 bits per heavy atom. The molecule has 1 atom stereocenters. The number of aromatic nitrogens is 2. The van der Waals surface area contributed by atoms with E-state index in [9.17, 15) is 9.59 Å². The summed E-state index contributed by atoms with van der Waals surface area (Å²) in [6.45, 7) is 1.60. The van der Waals surface area contributed by atoms with Crippen LogP contribution in [0.15, 0.2) is 29.9 Å². The molecule has 1 aliphatic carbocycles. The highest BCUT2D eigenvalue weighted by Crippen LogP contribution is 2.23. The second-order valence-corrected chi connectivity index (χ2v) is 7.04. The van der Waals surface area contributed by atoms with Gasteiger partial charge in [-0.3, -0.25) is 14.6 Å². The van der Waals surface area contributed by atoms with Crippen LogP contribution in [0.1, 0.15) is 38.3 Å². The van der Waals surface area contributed by atoms with Crippen molar-refractivity contribution in [2.75, 3.05) is 0 Å². The fourth-order valence-corrected chi connectivity index (χ4v) is 3.65. The van der Waals surface area contributed by atoms with Gasteiger partial charge in [0.1, 0.15) is 5.01 Å². The minimum atomic E-state index is -0.787. The lowest BCUT2D eigenvalue weighted by molar-refractivity contribution is -0.154. The third-order valence-electron chi connectivity index (χ3n) is 4.16. The first-order valence-electron chi connectivity index (χ1n) is 8.46. The maximum absolute atomic E-state index is 12.1. The van der Waals surface area contributed by atoms with Crippen molar-refractivity contribution in [1.82, 2.24) is 15.3 Å². The summed E-state index contributed by atoms with van der Waals surface area (Å²) in [5, 5.41) is 5.57. The molecule has 0 unspecified atom stereocenters. The van der Waals surface area contributed by atoms with Crippen molar-refractivity contribution < 1.29 is 14.3 Å². The van der Waals surface area contributed by atoms with Crippen molar-refractivity contribution in [1.29, 1.82) is 0 Å². The summed E-state index contributed by atoms with van der Waals surface area (Å²) < 4.78 is 5.24. The van der Waals surface area contributed by atoms with Gasteiger partial charge < -0.3 is 10.1 Å². The van der Waals surface area contributed by atoms with Gasteiger partial charge in [0.2, 0.25) is 0 Å². The number of pyridine rings is 1. The largest absolute Gasteiger partial charge is 0.452 e. The van der Waals surface area contributed by atoms with Crippen LogP contribution in [0, 0.1) is 0 Å². The number of ether oxygens (including phenoxy) is 1. The summed E-state index contributed by atoms with van der Waals surface area (Å²) in [5.74, 6) is -0.674. The van der Waals surface area contributed by atoms with Crippen molar-refractivity contribution >= 4 is 23.2 Å². The molecular weight excluding hydrogens is 338 g/mol. The molecule has 0 spiro atoms. The smallest absolute Gasteiger partial charge is 0.312 e. The first-order chi connectivity index (χ1) is 12.1. The van der Waals surface area contributed by atoms with Crippen LogP contribution < -0.4 is 5.32 Å². The highest BCUT2D eigenvalue weighted by Gasteiger charge is 2.23. The van der Waals surface area contributed by atoms with Crippen LogP contribution >= 0.6 is 11.3 Å². The standard InChI is InChI=1S/C18H21N3O3S/c1-12(17(23)20-14-6-2-3-7-14)24-16(22)9-15-11-25-18(21-15)13-5-4-8-19-10-13/h4-5,8,10-12,14H,2-3,6-7,9H2,1H3,(H,20,23)/t12-/m1/s1. The van der Waals surface area contributed by atoms with E-state index in [0.29, 0.717) is 5.69 Å². The van der Waals surface area contributed by atoms with Crippen molar-refractivity contribution in [3.8, 4) is 10.6 Å². The molecule has 1 saturated carbocycles. The molecule has 7 heteroatoms. The summed E-state index contributed by atoms with van der Waals surface area (Å²) in [4.78, 5) is 32.6. The lowest BCUT2D eigenvalue weighted by Crippen LogP contribution is -2.41. The molecule has 1 aliphatic rings. The van der Waals surface area contributed by atoms with Crippen LogP contribution in [-0.4, -0.2) is 34.0 Å².